The first kappa shape index (κ1) is 16.6. The summed E-state index contributed by atoms with van der Waals surface area (Å²) in [5.74, 6) is 0.0934. The summed E-state index contributed by atoms with van der Waals surface area (Å²) >= 11 is 0. The van der Waals surface area contributed by atoms with E-state index in [2.05, 4.69) is 12.2 Å². The van der Waals surface area contributed by atoms with Gasteiger partial charge in [-0.1, -0.05) is 19.8 Å². The van der Waals surface area contributed by atoms with Crippen LogP contribution in [0, 0.1) is 5.92 Å². The Morgan fingerprint density at radius 3 is 2.77 bits per heavy atom. The molecule has 1 aromatic heterocycles. The Morgan fingerprint density at radius 1 is 1.41 bits per heavy atom. The minimum Gasteiger partial charge on any atom is -0.352 e. The highest BCUT2D eigenvalue weighted by Crippen LogP contribution is 2.26. The molecule has 0 aliphatic heterocycles. The molecule has 0 spiro atoms. The summed E-state index contributed by atoms with van der Waals surface area (Å²) in [7, 11) is 0. The van der Waals surface area contributed by atoms with Gasteiger partial charge in [-0.15, -0.1) is 0 Å². The number of nitrogens with zero attached hydrogens (tertiary/aromatic N) is 1. The van der Waals surface area contributed by atoms with Crippen LogP contribution in [-0.4, -0.2) is 16.5 Å². The lowest BCUT2D eigenvalue weighted by Gasteiger charge is -2.27. The fourth-order valence-corrected chi connectivity index (χ4v) is 2.87. The van der Waals surface area contributed by atoms with Gasteiger partial charge in [0.2, 0.25) is 5.91 Å². The molecule has 1 fully saturated rings. The van der Waals surface area contributed by atoms with Crippen molar-refractivity contribution in [2.45, 2.75) is 51.4 Å². The molecule has 1 amide bonds. The Bertz CT molecular complexity index is 595. The number of halogens is 3. The third-order valence-electron chi connectivity index (χ3n) is 3.94. The van der Waals surface area contributed by atoms with E-state index in [0.717, 1.165) is 42.4 Å². The number of nitrogens with one attached hydrogen (secondary N) is 1. The first-order valence-electron chi connectivity index (χ1n) is 7.33. The summed E-state index contributed by atoms with van der Waals surface area (Å²) < 4.78 is 38.8. The monoisotopic (exact) mass is 316 g/mol. The van der Waals surface area contributed by atoms with Crippen LogP contribution in [0.4, 0.5) is 13.2 Å². The van der Waals surface area contributed by atoms with Gasteiger partial charge < -0.3 is 9.88 Å². The minimum atomic E-state index is -4.71. The van der Waals surface area contributed by atoms with Crippen LogP contribution in [0.25, 0.3) is 0 Å². The fourth-order valence-electron chi connectivity index (χ4n) is 2.87. The lowest BCUT2D eigenvalue weighted by molar-refractivity contribution is -0.139. The highest BCUT2D eigenvalue weighted by atomic mass is 19.4. The van der Waals surface area contributed by atoms with Gasteiger partial charge in [-0.2, -0.15) is 13.2 Å². The molecule has 122 valence electrons. The molecule has 1 N–H and O–H groups in total. The largest absolute Gasteiger partial charge is 0.421 e. The maximum absolute atomic E-state index is 12.7. The predicted molar refractivity (Wildman–Crippen MR) is 75.3 cm³/mol. The summed E-state index contributed by atoms with van der Waals surface area (Å²) in [5.41, 5.74) is -2.45. The van der Waals surface area contributed by atoms with Gasteiger partial charge >= 0.3 is 6.18 Å². The minimum absolute atomic E-state index is 0.0396. The van der Waals surface area contributed by atoms with Gasteiger partial charge in [-0.3, -0.25) is 9.59 Å². The molecule has 0 saturated heterocycles. The molecule has 0 aromatic carbocycles. The summed E-state index contributed by atoms with van der Waals surface area (Å²) in [6, 6.07) is 1.89. The number of rotatable bonds is 3. The zero-order valence-corrected chi connectivity index (χ0v) is 12.3. The van der Waals surface area contributed by atoms with Crippen molar-refractivity contribution in [3.8, 4) is 0 Å². The van der Waals surface area contributed by atoms with Crippen LogP contribution in [0.2, 0.25) is 0 Å². The van der Waals surface area contributed by atoms with Crippen LogP contribution in [0.15, 0.2) is 23.1 Å². The number of pyridine rings is 1. The maximum atomic E-state index is 12.7. The van der Waals surface area contributed by atoms with E-state index >= 15 is 0 Å². The first-order valence-corrected chi connectivity index (χ1v) is 7.33. The van der Waals surface area contributed by atoms with E-state index in [1.54, 1.807) is 0 Å². The number of carbonyl (C=O) groups is 1. The first-order chi connectivity index (χ1) is 10.3. The fraction of sp³-hybridized carbons (Fsp3) is 0.600. The second kappa shape index (κ2) is 6.54. The molecule has 1 aliphatic carbocycles. The zero-order chi connectivity index (χ0) is 16.3. The summed E-state index contributed by atoms with van der Waals surface area (Å²) in [6.07, 6.45) is 0.363. The number of hydrogen-bond acceptors (Lipinski definition) is 2. The molecule has 2 atom stereocenters. The van der Waals surface area contributed by atoms with Crippen molar-refractivity contribution in [1.82, 2.24) is 9.88 Å². The van der Waals surface area contributed by atoms with Crippen LogP contribution >= 0.6 is 0 Å². The van der Waals surface area contributed by atoms with Crippen molar-refractivity contribution >= 4 is 5.91 Å². The van der Waals surface area contributed by atoms with E-state index in [4.69, 9.17) is 0 Å². The quantitative estimate of drug-likeness (QED) is 0.932. The van der Waals surface area contributed by atoms with Gasteiger partial charge in [-0.25, -0.2) is 0 Å². The highest BCUT2D eigenvalue weighted by molar-refractivity contribution is 5.76. The summed E-state index contributed by atoms with van der Waals surface area (Å²) in [6.45, 7) is 1.71. The van der Waals surface area contributed by atoms with Crippen LogP contribution < -0.4 is 10.9 Å². The molecule has 2 unspecified atom stereocenters. The lowest BCUT2D eigenvalue weighted by atomic mass is 9.87. The highest BCUT2D eigenvalue weighted by Gasteiger charge is 2.34. The van der Waals surface area contributed by atoms with Crippen molar-refractivity contribution in [1.29, 1.82) is 0 Å². The molecule has 1 heterocycles. The molecule has 22 heavy (non-hydrogen) atoms. The van der Waals surface area contributed by atoms with Gasteiger partial charge in [0.25, 0.3) is 5.56 Å². The third-order valence-corrected chi connectivity index (χ3v) is 3.94. The van der Waals surface area contributed by atoms with Gasteiger partial charge in [0.05, 0.1) is 0 Å². The number of amides is 1. The Balaban J connectivity index is 2.04. The average molecular weight is 316 g/mol. The normalized spacial score (nSPS) is 22.4. The van der Waals surface area contributed by atoms with Crippen molar-refractivity contribution < 1.29 is 18.0 Å². The predicted octanol–water partition coefficient (Wildman–Crippen LogP) is 2.56. The van der Waals surface area contributed by atoms with E-state index < -0.39 is 29.8 Å². The topological polar surface area (TPSA) is 51.1 Å². The van der Waals surface area contributed by atoms with Crippen LogP contribution in [0.1, 0.15) is 38.2 Å². The van der Waals surface area contributed by atoms with E-state index in [1.807, 2.05) is 0 Å². The standard InChI is InChI=1S/C15H19F3N2O2/c1-10-4-2-5-11(8-10)19-13(21)9-20-7-3-6-12(14(20)22)15(16,17)18/h3,6-7,10-11H,2,4-5,8-9H2,1H3,(H,19,21). The molecule has 0 radical (unpaired) electrons. The van der Waals surface area contributed by atoms with Crippen LogP contribution in [0.5, 0.6) is 0 Å². The van der Waals surface area contributed by atoms with Crippen molar-refractivity contribution in [3.63, 3.8) is 0 Å². The summed E-state index contributed by atoms with van der Waals surface area (Å²) in [4.78, 5) is 23.7. The van der Waals surface area contributed by atoms with Gasteiger partial charge in [0.15, 0.2) is 0 Å². The molecular weight excluding hydrogens is 297 g/mol. The molecule has 4 nitrogen and oxygen atoms in total. The van der Waals surface area contributed by atoms with Gasteiger partial charge in [0.1, 0.15) is 12.1 Å². The third kappa shape index (κ3) is 4.11. The Kier molecular flexibility index (Phi) is 4.93. The van der Waals surface area contributed by atoms with Gasteiger partial charge in [0, 0.05) is 12.2 Å². The number of aromatic nitrogens is 1. The second-order valence-electron chi connectivity index (χ2n) is 5.89. The molecule has 1 aliphatic rings. The molecule has 2 rings (SSSR count). The Labute approximate surface area is 126 Å². The Morgan fingerprint density at radius 2 is 2.14 bits per heavy atom. The SMILES string of the molecule is CC1CCCC(NC(=O)Cn2cccc(C(F)(F)F)c2=O)C1. The molecular formula is C15H19F3N2O2. The summed E-state index contributed by atoms with van der Waals surface area (Å²) in [5, 5.41) is 2.80. The Hall–Kier alpha value is -1.79. The van der Waals surface area contributed by atoms with Crippen molar-refractivity contribution in [2.24, 2.45) is 5.92 Å². The van der Waals surface area contributed by atoms with E-state index in [1.165, 1.54) is 6.20 Å². The van der Waals surface area contributed by atoms with Crippen LogP contribution in [-0.2, 0) is 17.5 Å². The van der Waals surface area contributed by atoms with E-state index in [9.17, 15) is 22.8 Å². The van der Waals surface area contributed by atoms with Crippen molar-refractivity contribution in [2.75, 3.05) is 0 Å². The molecule has 1 aromatic rings. The number of alkyl halides is 3. The molecule has 0 bridgehead atoms. The molecule has 7 heteroatoms. The average Bonchev–Trinajstić information content (AvgIpc) is 2.39. The smallest absolute Gasteiger partial charge is 0.352 e. The van der Waals surface area contributed by atoms with E-state index in [0.29, 0.717) is 5.92 Å². The zero-order valence-electron chi connectivity index (χ0n) is 12.3. The lowest BCUT2D eigenvalue weighted by Crippen LogP contribution is -2.41. The van der Waals surface area contributed by atoms with Crippen LogP contribution in [0.3, 0.4) is 0 Å². The number of hydrogen-bond donors (Lipinski definition) is 1. The molecule has 1 saturated carbocycles. The van der Waals surface area contributed by atoms with Gasteiger partial charge in [-0.05, 0) is 30.9 Å². The second-order valence-corrected chi connectivity index (χ2v) is 5.89. The van der Waals surface area contributed by atoms with E-state index in [-0.39, 0.29) is 6.04 Å². The van der Waals surface area contributed by atoms with Crippen molar-refractivity contribution in [3.05, 3.63) is 34.2 Å². The maximum Gasteiger partial charge on any atom is 0.421 e. The number of carbonyl (C=O) groups excluding carboxylic acids is 1.